The van der Waals surface area contributed by atoms with Crippen LogP contribution in [0.4, 0.5) is 25.1 Å². The lowest BCUT2D eigenvalue weighted by atomic mass is 10.2. The lowest BCUT2D eigenvalue weighted by molar-refractivity contribution is 0.0425. The Balaban J connectivity index is 3.51. The minimum Gasteiger partial charge on any atom is -0.443 e. The Morgan fingerprint density at radius 3 is 1.67 bits per heavy atom. The minimum atomic E-state index is -1.03. The van der Waals surface area contributed by atoms with Crippen molar-refractivity contribution < 1.29 is 38.1 Å². The summed E-state index contributed by atoms with van der Waals surface area (Å²) in [7, 11) is 4.27. The maximum absolute atomic E-state index is 12.9. The Labute approximate surface area is 192 Å². The standard InChI is InChI=1S/C20H33N5O8/c1-19(2,3)32-17(28)25(18(29)33-20(4,5)6)14-23-12(10-30-15(26)21-7)13(24(14)9)11-31-16(27)22-8/h10-11H2,1-9H3,(H,21,26)(H,22,27). The number of imide groups is 1. The van der Waals surface area contributed by atoms with E-state index >= 15 is 0 Å². The first-order chi connectivity index (χ1) is 15.1. The summed E-state index contributed by atoms with van der Waals surface area (Å²) in [5.41, 5.74) is -1.41. The van der Waals surface area contributed by atoms with Crippen LogP contribution in [0, 0.1) is 0 Å². The van der Waals surface area contributed by atoms with Crippen molar-refractivity contribution in [1.29, 1.82) is 0 Å². The topological polar surface area (TPSA) is 150 Å². The zero-order valence-electron chi connectivity index (χ0n) is 20.5. The van der Waals surface area contributed by atoms with Gasteiger partial charge in [-0.25, -0.2) is 24.2 Å². The van der Waals surface area contributed by atoms with Gasteiger partial charge in [-0.3, -0.25) is 0 Å². The number of hydrogen-bond donors (Lipinski definition) is 2. The first kappa shape index (κ1) is 27.5. The molecule has 0 spiro atoms. The van der Waals surface area contributed by atoms with Crippen LogP contribution in [0.5, 0.6) is 0 Å². The molecule has 0 aliphatic carbocycles. The van der Waals surface area contributed by atoms with Gasteiger partial charge in [0.1, 0.15) is 30.1 Å². The predicted molar refractivity (Wildman–Crippen MR) is 117 cm³/mol. The lowest BCUT2D eigenvalue weighted by Crippen LogP contribution is -2.45. The van der Waals surface area contributed by atoms with Gasteiger partial charge in [-0.05, 0) is 41.5 Å². The highest BCUT2D eigenvalue weighted by Crippen LogP contribution is 2.25. The number of aromatic nitrogens is 2. The summed E-state index contributed by atoms with van der Waals surface area (Å²) in [6.45, 7) is 9.24. The lowest BCUT2D eigenvalue weighted by Gasteiger charge is -2.28. The van der Waals surface area contributed by atoms with E-state index in [0.29, 0.717) is 4.90 Å². The molecule has 1 rings (SSSR count). The van der Waals surface area contributed by atoms with Crippen molar-refractivity contribution >= 4 is 30.3 Å². The van der Waals surface area contributed by atoms with Crippen molar-refractivity contribution in [2.45, 2.75) is 66.0 Å². The molecule has 0 aliphatic rings. The number of carbonyl (C=O) groups excluding carboxylic acids is 4. The number of nitrogens with one attached hydrogen (secondary N) is 2. The first-order valence-electron chi connectivity index (χ1n) is 10.1. The van der Waals surface area contributed by atoms with Crippen molar-refractivity contribution in [2.75, 3.05) is 19.0 Å². The fourth-order valence-electron chi connectivity index (χ4n) is 2.34. The molecule has 1 aromatic rings. The Morgan fingerprint density at radius 2 is 1.27 bits per heavy atom. The van der Waals surface area contributed by atoms with Gasteiger partial charge < -0.3 is 34.1 Å². The van der Waals surface area contributed by atoms with Crippen LogP contribution in [0.15, 0.2) is 0 Å². The molecule has 2 N–H and O–H groups in total. The minimum absolute atomic E-state index is 0.150. The van der Waals surface area contributed by atoms with Crippen molar-refractivity contribution in [2.24, 2.45) is 7.05 Å². The van der Waals surface area contributed by atoms with Gasteiger partial charge in [0.2, 0.25) is 5.95 Å². The van der Waals surface area contributed by atoms with Gasteiger partial charge in [0.15, 0.2) is 0 Å². The van der Waals surface area contributed by atoms with Gasteiger partial charge in [-0.2, -0.15) is 0 Å². The number of ether oxygens (including phenoxy) is 4. The maximum atomic E-state index is 12.9. The van der Waals surface area contributed by atoms with Crippen LogP contribution in [0.1, 0.15) is 52.9 Å². The van der Waals surface area contributed by atoms with Crippen LogP contribution in [-0.4, -0.2) is 59.2 Å². The van der Waals surface area contributed by atoms with E-state index in [9.17, 15) is 19.2 Å². The van der Waals surface area contributed by atoms with Crippen LogP contribution in [0.25, 0.3) is 0 Å². The highest BCUT2D eigenvalue weighted by Gasteiger charge is 2.36. The third-order valence-corrected chi connectivity index (χ3v) is 3.71. The van der Waals surface area contributed by atoms with E-state index in [1.54, 1.807) is 41.5 Å². The fraction of sp³-hybridized carbons (Fsp3) is 0.650. The predicted octanol–water partition coefficient (Wildman–Crippen LogP) is 2.81. The molecule has 0 unspecified atom stereocenters. The SMILES string of the molecule is CNC(=O)OCc1nc(N(C(=O)OC(C)(C)C)C(=O)OC(C)(C)C)n(C)c1COC(=O)NC. The van der Waals surface area contributed by atoms with E-state index in [1.165, 1.54) is 25.7 Å². The summed E-state index contributed by atoms with van der Waals surface area (Å²) < 4.78 is 22.2. The summed E-state index contributed by atoms with van der Waals surface area (Å²) in [6.07, 6.45) is -3.49. The number of alkyl carbamates (subject to hydrolysis) is 2. The second-order valence-electron chi connectivity index (χ2n) is 8.81. The molecule has 13 nitrogen and oxygen atoms in total. The number of nitrogens with zero attached hydrogens (tertiary/aromatic N) is 3. The van der Waals surface area contributed by atoms with Gasteiger partial charge in [0, 0.05) is 21.1 Å². The Morgan fingerprint density at radius 1 is 0.848 bits per heavy atom. The average Bonchev–Trinajstić information content (AvgIpc) is 2.96. The van der Waals surface area contributed by atoms with Crippen molar-refractivity contribution in [3.05, 3.63) is 11.4 Å². The number of anilines is 1. The molecule has 186 valence electrons. The summed E-state index contributed by atoms with van der Waals surface area (Å²) in [5, 5.41) is 4.60. The third kappa shape index (κ3) is 8.50. The van der Waals surface area contributed by atoms with Crippen LogP contribution >= 0.6 is 0 Å². The summed E-state index contributed by atoms with van der Waals surface area (Å²) in [4.78, 5) is 53.9. The molecule has 0 saturated carbocycles. The molecule has 0 fully saturated rings. The van der Waals surface area contributed by atoms with Gasteiger partial charge in [-0.15, -0.1) is 4.90 Å². The van der Waals surface area contributed by atoms with Gasteiger partial charge >= 0.3 is 24.4 Å². The molecule has 0 aliphatic heterocycles. The highest BCUT2D eigenvalue weighted by molar-refractivity contribution is 6.08. The van der Waals surface area contributed by atoms with Gasteiger partial charge in [0.05, 0.1) is 5.69 Å². The monoisotopic (exact) mass is 471 g/mol. The number of hydrogen-bond acceptors (Lipinski definition) is 9. The molecule has 0 atom stereocenters. The molecule has 33 heavy (non-hydrogen) atoms. The van der Waals surface area contributed by atoms with Crippen molar-refractivity contribution in [1.82, 2.24) is 20.2 Å². The zero-order valence-corrected chi connectivity index (χ0v) is 20.5. The van der Waals surface area contributed by atoms with Crippen LogP contribution in [0.2, 0.25) is 0 Å². The molecule has 0 saturated heterocycles. The van der Waals surface area contributed by atoms with E-state index in [2.05, 4.69) is 15.6 Å². The van der Waals surface area contributed by atoms with Crippen molar-refractivity contribution in [3.63, 3.8) is 0 Å². The Bertz CT molecular complexity index is 854. The largest absolute Gasteiger partial charge is 0.443 e. The van der Waals surface area contributed by atoms with E-state index in [-0.39, 0.29) is 30.5 Å². The maximum Gasteiger partial charge on any atom is 0.427 e. The van der Waals surface area contributed by atoms with E-state index in [4.69, 9.17) is 18.9 Å². The van der Waals surface area contributed by atoms with Crippen LogP contribution in [-0.2, 0) is 39.2 Å². The molecule has 0 bridgehead atoms. The first-order valence-corrected chi connectivity index (χ1v) is 10.1. The molecule has 4 amide bonds. The quantitative estimate of drug-likeness (QED) is 0.618. The Hall–Kier alpha value is -3.51. The normalized spacial score (nSPS) is 11.3. The number of rotatable bonds is 5. The van der Waals surface area contributed by atoms with Crippen molar-refractivity contribution in [3.8, 4) is 0 Å². The fourth-order valence-corrected chi connectivity index (χ4v) is 2.34. The molecule has 1 aromatic heterocycles. The van der Waals surface area contributed by atoms with E-state index in [0.717, 1.165) is 0 Å². The highest BCUT2D eigenvalue weighted by atomic mass is 16.6. The summed E-state index contributed by atoms with van der Waals surface area (Å²) in [6, 6.07) is 0. The zero-order chi connectivity index (χ0) is 25.6. The van der Waals surface area contributed by atoms with Crippen LogP contribution in [0.3, 0.4) is 0 Å². The second-order valence-corrected chi connectivity index (χ2v) is 8.81. The van der Waals surface area contributed by atoms with Gasteiger partial charge in [-0.1, -0.05) is 0 Å². The molecule has 1 heterocycles. The molecular weight excluding hydrogens is 438 g/mol. The Kier molecular flexibility index (Phi) is 9.07. The average molecular weight is 472 g/mol. The third-order valence-electron chi connectivity index (χ3n) is 3.71. The molecule has 0 radical (unpaired) electrons. The summed E-state index contributed by atoms with van der Waals surface area (Å²) in [5.74, 6) is -0.176. The summed E-state index contributed by atoms with van der Waals surface area (Å²) >= 11 is 0. The number of carbonyl (C=O) groups is 4. The molecule has 0 aromatic carbocycles. The van der Waals surface area contributed by atoms with E-state index in [1.807, 2.05) is 0 Å². The smallest absolute Gasteiger partial charge is 0.427 e. The number of imidazole rings is 1. The van der Waals surface area contributed by atoms with Gasteiger partial charge in [0.25, 0.3) is 0 Å². The second kappa shape index (κ2) is 10.9. The van der Waals surface area contributed by atoms with E-state index < -0.39 is 35.6 Å². The molecular formula is C20H33N5O8. The molecule has 13 heteroatoms. The van der Waals surface area contributed by atoms with Crippen LogP contribution < -0.4 is 15.5 Å². The number of amides is 4.